The van der Waals surface area contributed by atoms with E-state index in [9.17, 15) is 4.79 Å². The van der Waals surface area contributed by atoms with Gasteiger partial charge in [-0.15, -0.1) is 5.73 Å². The molecule has 0 saturated carbocycles. The fourth-order valence-electron chi connectivity index (χ4n) is 0.488. The van der Waals surface area contributed by atoms with Gasteiger partial charge < -0.3 is 10.8 Å². The van der Waals surface area contributed by atoms with Crippen molar-refractivity contribution in [2.75, 3.05) is 0 Å². The topological polar surface area (TPSA) is 63.3 Å². The van der Waals surface area contributed by atoms with Crippen molar-refractivity contribution in [3.8, 4) is 0 Å². The minimum atomic E-state index is -0.961. The molecule has 0 aliphatic carbocycles. The van der Waals surface area contributed by atoms with Crippen LogP contribution in [-0.4, -0.2) is 17.1 Å². The fraction of sp³-hybridized carbons (Fsp3) is 0.429. The first-order chi connectivity index (χ1) is 4.68. The summed E-state index contributed by atoms with van der Waals surface area (Å²) in [5.74, 6) is -0.961. The SMILES string of the molecule is C=C=CCCC(N)C(=O)O. The van der Waals surface area contributed by atoms with Crippen molar-refractivity contribution in [1.29, 1.82) is 0 Å². The molecule has 1 atom stereocenters. The first kappa shape index (κ1) is 8.95. The number of hydrogen-bond acceptors (Lipinski definition) is 2. The molecule has 0 fully saturated rings. The Morgan fingerprint density at radius 3 is 2.90 bits per heavy atom. The van der Waals surface area contributed by atoms with Crippen LogP contribution in [0.2, 0.25) is 0 Å². The van der Waals surface area contributed by atoms with E-state index in [1.807, 2.05) is 0 Å². The van der Waals surface area contributed by atoms with Gasteiger partial charge in [-0.1, -0.05) is 6.58 Å². The Labute approximate surface area is 59.8 Å². The number of hydrogen-bond donors (Lipinski definition) is 2. The van der Waals surface area contributed by atoms with E-state index < -0.39 is 12.0 Å². The summed E-state index contributed by atoms with van der Waals surface area (Å²) < 4.78 is 0. The van der Waals surface area contributed by atoms with Crippen molar-refractivity contribution in [1.82, 2.24) is 0 Å². The first-order valence-electron chi connectivity index (χ1n) is 3.01. The number of carbonyl (C=O) groups is 1. The van der Waals surface area contributed by atoms with Gasteiger partial charge in [-0.25, -0.2) is 0 Å². The zero-order valence-corrected chi connectivity index (χ0v) is 5.71. The zero-order chi connectivity index (χ0) is 7.98. The number of carboxylic acid groups (broad SMARTS) is 1. The Balaban J connectivity index is 3.48. The van der Waals surface area contributed by atoms with E-state index in [1.54, 1.807) is 6.08 Å². The van der Waals surface area contributed by atoms with Crippen molar-refractivity contribution in [2.24, 2.45) is 5.73 Å². The highest BCUT2D eigenvalue weighted by atomic mass is 16.4. The van der Waals surface area contributed by atoms with Gasteiger partial charge in [0.1, 0.15) is 6.04 Å². The van der Waals surface area contributed by atoms with Crippen LogP contribution in [0.25, 0.3) is 0 Å². The van der Waals surface area contributed by atoms with Crippen molar-refractivity contribution in [3.63, 3.8) is 0 Å². The molecule has 0 bridgehead atoms. The summed E-state index contributed by atoms with van der Waals surface area (Å²) in [6.45, 7) is 3.33. The lowest BCUT2D eigenvalue weighted by atomic mass is 10.2. The van der Waals surface area contributed by atoms with Gasteiger partial charge in [-0.3, -0.25) is 4.79 Å². The number of carboxylic acids is 1. The van der Waals surface area contributed by atoms with Gasteiger partial charge in [0.15, 0.2) is 0 Å². The Morgan fingerprint density at radius 2 is 2.50 bits per heavy atom. The normalized spacial score (nSPS) is 11.7. The van der Waals surface area contributed by atoms with Gasteiger partial charge in [0.2, 0.25) is 0 Å². The number of rotatable bonds is 4. The third-order valence-electron chi connectivity index (χ3n) is 1.08. The third kappa shape index (κ3) is 3.89. The van der Waals surface area contributed by atoms with Crippen LogP contribution in [0.4, 0.5) is 0 Å². The minimum absolute atomic E-state index is 0.442. The molecule has 0 aromatic heterocycles. The minimum Gasteiger partial charge on any atom is -0.480 e. The summed E-state index contributed by atoms with van der Waals surface area (Å²) in [6.07, 6.45) is 2.73. The second-order valence-electron chi connectivity index (χ2n) is 1.93. The van der Waals surface area contributed by atoms with Gasteiger partial charge in [-0.2, -0.15) is 0 Å². The maximum absolute atomic E-state index is 10.1. The average molecular weight is 141 g/mol. The lowest BCUT2D eigenvalue weighted by molar-refractivity contribution is -0.138. The van der Waals surface area contributed by atoms with Crippen molar-refractivity contribution >= 4 is 5.97 Å². The predicted molar refractivity (Wildman–Crippen MR) is 38.6 cm³/mol. The molecule has 0 saturated heterocycles. The Morgan fingerprint density at radius 1 is 1.90 bits per heavy atom. The highest BCUT2D eigenvalue weighted by Gasteiger charge is 2.08. The molecule has 0 spiro atoms. The van der Waals surface area contributed by atoms with Crippen LogP contribution >= 0.6 is 0 Å². The van der Waals surface area contributed by atoms with Crippen molar-refractivity contribution in [3.05, 3.63) is 18.4 Å². The standard InChI is InChI=1S/C7H11NO2/c1-2-3-4-5-6(8)7(9)10/h3,6H,1,4-5,8H2,(H,9,10). The van der Waals surface area contributed by atoms with E-state index in [4.69, 9.17) is 10.8 Å². The number of aliphatic carboxylic acids is 1. The van der Waals surface area contributed by atoms with E-state index >= 15 is 0 Å². The molecular weight excluding hydrogens is 130 g/mol. The van der Waals surface area contributed by atoms with Crippen LogP contribution in [0, 0.1) is 0 Å². The highest BCUT2D eigenvalue weighted by Crippen LogP contribution is 1.94. The maximum Gasteiger partial charge on any atom is 0.320 e. The molecule has 10 heavy (non-hydrogen) atoms. The smallest absolute Gasteiger partial charge is 0.320 e. The van der Waals surface area contributed by atoms with Crippen LogP contribution in [-0.2, 0) is 4.79 Å². The van der Waals surface area contributed by atoms with E-state index in [0.717, 1.165) is 0 Å². The van der Waals surface area contributed by atoms with Gasteiger partial charge in [0.05, 0.1) is 0 Å². The van der Waals surface area contributed by atoms with Crippen LogP contribution in [0.1, 0.15) is 12.8 Å². The summed E-state index contributed by atoms with van der Waals surface area (Å²) in [6, 6.07) is -0.760. The van der Waals surface area contributed by atoms with Crippen molar-refractivity contribution in [2.45, 2.75) is 18.9 Å². The lowest BCUT2D eigenvalue weighted by Crippen LogP contribution is -2.29. The van der Waals surface area contributed by atoms with E-state index in [0.29, 0.717) is 12.8 Å². The quantitative estimate of drug-likeness (QED) is 0.561. The molecule has 0 heterocycles. The van der Waals surface area contributed by atoms with E-state index in [-0.39, 0.29) is 0 Å². The number of allylic oxidation sites excluding steroid dienone is 1. The van der Waals surface area contributed by atoms with Gasteiger partial charge >= 0.3 is 5.97 Å². The molecule has 0 rings (SSSR count). The molecular formula is C7H11NO2. The summed E-state index contributed by atoms with van der Waals surface area (Å²) >= 11 is 0. The van der Waals surface area contributed by atoms with Crippen LogP contribution in [0.5, 0.6) is 0 Å². The van der Waals surface area contributed by atoms with Gasteiger partial charge in [0, 0.05) is 0 Å². The summed E-state index contributed by atoms with van der Waals surface area (Å²) in [5, 5.41) is 8.31. The molecule has 3 nitrogen and oxygen atoms in total. The summed E-state index contributed by atoms with van der Waals surface area (Å²) in [7, 11) is 0. The summed E-state index contributed by atoms with van der Waals surface area (Å²) in [4.78, 5) is 10.1. The third-order valence-corrected chi connectivity index (χ3v) is 1.08. The molecule has 56 valence electrons. The Hall–Kier alpha value is -1.05. The molecule has 0 amide bonds. The zero-order valence-electron chi connectivity index (χ0n) is 5.71. The van der Waals surface area contributed by atoms with E-state index in [1.165, 1.54) is 0 Å². The molecule has 0 aliphatic heterocycles. The molecule has 3 N–H and O–H groups in total. The highest BCUT2D eigenvalue weighted by molar-refractivity contribution is 5.72. The monoisotopic (exact) mass is 141 g/mol. The Kier molecular flexibility index (Phi) is 4.29. The van der Waals surface area contributed by atoms with Crippen LogP contribution < -0.4 is 5.73 Å². The molecule has 0 aromatic rings. The predicted octanol–water partition coefficient (Wildman–Crippen LogP) is 0.520. The van der Waals surface area contributed by atoms with Gasteiger partial charge in [-0.05, 0) is 18.9 Å². The molecule has 1 unspecified atom stereocenters. The second-order valence-corrected chi connectivity index (χ2v) is 1.93. The molecule has 0 aliphatic rings. The fourth-order valence-corrected chi connectivity index (χ4v) is 0.488. The second kappa shape index (κ2) is 4.79. The Bertz CT molecular complexity index is 159. The van der Waals surface area contributed by atoms with Crippen LogP contribution in [0.3, 0.4) is 0 Å². The largest absolute Gasteiger partial charge is 0.480 e. The number of nitrogens with two attached hydrogens (primary N) is 1. The maximum atomic E-state index is 10.1. The summed E-state index contributed by atoms with van der Waals surface area (Å²) in [5.41, 5.74) is 7.73. The first-order valence-corrected chi connectivity index (χ1v) is 3.01. The molecule has 3 heteroatoms. The van der Waals surface area contributed by atoms with Crippen LogP contribution in [0.15, 0.2) is 18.4 Å². The molecule has 0 aromatic carbocycles. The average Bonchev–Trinajstić information content (AvgIpc) is 1.88. The van der Waals surface area contributed by atoms with Crippen molar-refractivity contribution < 1.29 is 9.90 Å². The van der Waals surface area contributed by atoms with E-state index in [2.05, 4.69) is 12.3 Å². The molecule has 0 radical (unpaired) electrons. The van der Waals surface area contributed by atoms with Gasteiger partial charge in [0.25, 0.3) is 0 Å². The lowest BCUT2D eigenvalue weighted by Gasteiger charge is -2.01.